The zero-order valence-corrected chi connectivity index (χ0v) is 11.9. The van der Waals surface area contributed by atoms with Gasteiger partial charge in [-0.3, -0.25) is 4.79 Å². The third-order valence-corrected chi connectivity index (χ3v) is 4.11. The molecule has 104 valence electrons. The molecule has 0 aliphatic heterocycles. The SMILES string of the molecule is Cc1ccc(=O)n(Cc2cccc(C3CCCC3)c2)n1. The number of aryl methyl sites for hydroxylation is 1. The molecule has 3 rings (SSSR count). The Hall–Kier alpha value is -1.90. The van der Waals surface area contributed by atoms with Gasteiger partial charge in [-0.05, 0) is 42.9 Å². The molecule has 3 nitrogen and oxygen atoms in total. The van der Waals surface area contributed by atoms with Crippen molar-refractivity contribution in [3.8, 4) is 0 Å². The molecule has 1 aliphatic carbocycles. The van der Waals surface area contributed by atoms with Gasteiger partial charge in [-0.2, -0.15) is 5.10 Å². The predicted octanol–water partition coefficient (Wildman–Crippen LogP) is 3.26. The van der Waals surface area contributed by atoms with Crippen LogP contribution >= 0.6 is 0 Å². The van der Waals surface area contributed by atoms with Crippen molar-refractivity contribution in [3.05, 3.63) is 63.6 Å². The maximum atomic E-state index is 11.8. The molecule has 1 aromatic heterocycles. The normalized spacial score (nSPS) is 15.7. The van der Waals surface area contributed by atoms with Crippen LogP contribution in [0.25, 0.3) is 0 Å². The second kappa shape index (κ2) is 5.61. The molecule has 0 spiro atoms. The molecule has 0 saturated heterocycles. The van der Waals surface area contributed by atoms with Crippen LogP contribution in [-0.2, 0) is 6.54 Å². The van der Waals surface area contributed by atoms with E-state index in [1.807, 2.05) is 6.92 Å². The van der Waals surface area contributed by atoms with Gasteiger partial charge in [-0.15, -0.1) is 0 Å². The standard InChI is InChI=1S/C17H20N2O/c1-13-9-10-17(20)19(18-13)12-14-5-4-8-16(11-14)15-6-2-3-7-15/h4-5,8-11,15H,2-3,6-7,12H2,1H3. The maximum absolute atomic E-state index is 11.8. The van der Waals surface area contributed by atoms with Crippen molar-refractivity contribution < 1.29 is 0 Å². The molecule has 1 aliphatic rings. The number of hydrogen-bond acceptors (Lipinski definition) is 2. The minimum Gasteiger partial charge on any atom is -0.268 e. The van der Waals surface area contributed by atoms with Crippen molar-refractivity contribution in [2.45, 2.75) is 45.1 Å². The van der Waals surface area contributed by atoms with Crippen LogP contribution in [0.4, 0.5) is 0 Å². The molecule has 1 heterocycles. The molecule has 0 bridgehead atoms. The van der Waals surface area contributed by atoms with E-state index < -0.39 is 0 Å². The molecule has 3 heteroatoms. The van der Waals surface area contributed by atoms with Crippen LogP contribution < -0.4 is 5.56 Å². The first kappa shape index (κ1) is 13.1. The van der Waals surface area contributed by atoms with Gasteiger partial charge in [0.15, 0.2) is 0 Å². The largest absolute Gasteiger partial charge is 0.268 e. The molecule has 0 atom stereocenters. The average molecular weight is 268 g/mol. The lowest BCUT2D eigenvalue weighted by Gasteiger charge is -2.12. The molecule has 2 aromatic rings. The van der Waals surface area contributed by atoms with Crippen molar-refractivity contribution in [3.63, 3.8) is 0 Å². The van der Waals surface area contributed by atoms with Gasteiger partial charge in [0.2, 0.25) is 0 Å². The van der Waals surface area contributed by atoms with E-state index in [4.69, 9.17) is 0 Å². The lowest BCUT2D eigenvalue weighted by molar-refractivity contribution is 0.626. The zero-order valence-electron chi connectivity index (χ0n) is 11.9. The third-order valence-electron chi connectivity index (χ3n) is 4.11. The van der Waals surface area contributed by atoms with Crippen molar-refractivity contribution in [1.29, 1.82) is 0 Å². The summed E-state index contributed by atoms with van der Waals surface area (Å²) in [6.07, 6.45) is 5.28. The summed E-state index contributed by atoms with van der Waals surface area (Å²) in [5.41, 5.74) is 3.41. The number of aromatic nitrogens is 2. The van der Waals surface area contributed by atoms with E-state index in [1.54, 1.807) is 16.8 Å². The smallest absolute Gasteiger partial charge is 0.267 e. The third kappa shape index (κ3) is 2.82. The maximum Gasteiger partial charge on any atom is 0.267 e. The second-order valence-electron chi connectivity index (χ2n) is 5.70. The van der Waals surface area contributed by atoms with Crippen molar-refractivity contribution in [2.75, 3.05) is 0 Å². The van der Waals surface area contributed by atoms with Crippen LogP contribution in [0.1, 0.15) is 48.4 Å². The highest BCUT2D eigenvalue weighted by Gasteiger charge is 2.17. The molecule has 20 heavy (non-hydrogen) atoms. The van der Waals surface area contributed by atoms with Gasteiger partial charge in [-0.1, -0.05) is 37.1 Å². The van der Waals surface area contributed by atoms with Gasteiger partial charge in [0.25, 0.3) is 5.56 Å². The first-order valence-electron chi connectivity index (χ1n) is 7.36. The van der Waals surface area contributed by atoms with E-state index in [0.717, 1.165) is 11.3 Å². The Labute approximate surface area is 119 Å². The molecule has 0 unspecified atom stereocenters. The molecule has 1 fully saturated rings. The highest BCUT2D eigenvalue weighted by Crippen LogP contribution is 2.34. The average Bonchev–Trinajstić information content (AvgIpc) is 2.97. The molecule has 1 aromatic carbocycles. The Bertz CT molecular complexity index is 654. The quantitative estimate of drug-likeness (QED) is 0.856. The second-order valence-corrected chi connectivity index (χ2v) is 5.70. The van der Waals surface area contributed by atoms with Gasteiger partial charge < -0.3 is 0 Å². The van der Waals surface area contributed by atoms with Gasteiger partial charge >= 0.3 is 0 Å². The summed E-state index contributed by atoms with van der Waals surface area (Å²) in [6, 6.07) is 12.0. The van der Waals surface area contributed by atoms with Crippen LogP contribution in [0.2, 0.25) is 0 Å². The van der Waals surface area contributed by atoms with Crippen LogP contribution in [0.3, 0.4) is 0 Å². The highest BCUT2D eigenvalue weighted by molar-refractivity contribution is 5.27. The molecular formula is C17H20N2O. The summed E-state index contributed by atoms with van der Waals surface area (Å²) >= 11 is 0. The fourth-order valence-corrected chi connectivity index (χ4v) is 3.04. The number of nitrogens with zero attached hydrogens (tertiary/aromatic N) is 2. The Kier molecular flexibility index (Phi) is 3.68. The van der Waals surface area contributed by atoms with Gasteiger partial charge in [0.1, 0.15) is 0 Å². The van der Waals surface area contributed by atoms with Crippen molar-refractivity contribution in [2.24, 2.45) is 0 Å². The Morgan fingerprint density at radius 2 is 2.00 bits per heavy atom. The summed E-state index contributed by atoms with van der Waals surface area (Å²) < 4.78 is 1.54. The molecular weight excluding hydrogens is 248 g/mol. The highest BCUT2D eigenvalue weighted by atomic mass is 16.1. The van der Waals surface area contributed by atoms with E-state index in [1.165, 1.54) is 31.2 Å². The predicted molar refractivity (Wildman–Crippen MR) is 80.0 cm³/mol. The van der Waals surface area contributed by atoms with E-state index in [2.05, 4.69) is 29.4 Å². The monoisotopic (exact) mass is 268 g/mol. The number of hydrogen-bond donors (Lipinski definition) is 0. The molecule has 0 N–H and O–H groups in total. The van der Waals surface area contributed by atoms with Crippen LogP contribution in [0.15, 0.2) is 41.2 Å². The summed E-state index contributed by atoms with van der Waals surface area (Å²) in [5, 5.41) is 4.30. The topological polar surface area (TPSA) is 34.9 Å². The van der Waals surface area contributed by atoms with Gasteiger partial charge in [0, 0.05) is 6.07 Å². The van der Waals surface area contributed by atoms with Gasteiger partial charge in [0.05, 0.1) is 12.2 Å². The van der Waals surface area contributed by atoms with Crippen LogP contribution in [0, 0.1) is 6.92 Å². The molecule has 0 radical (unpaired) electrons. The minimum absolute atomic E-state index is 0.0399. The number of benzene rings is 1. The van der Waals surface area contributed by atoms with E-state index in [0.29, 0.717) is 12.5 Å². The molecule has 1 saturated carbocycles. The Balaban J connectivity index is 1.85. The minimum atomic E-state index is -0.0399. The fourth-order valence-electron chi connectivity index (χ4n) is 3.04. The molecule has 0 amide bonds. The van der Waals surface area contributed by atoms with Crippen LogP contribution in [-0.4, -0.2) is 9.78 Å². The summed E-state index contributed by atoms with van der Waals surface area (Å²) in [5.74, 6) is 0.706. The van der Waals surface area contributed by atoms with E-state index >= 15 is 0 Å². The van der Waals surface area contributed by atoms with Crippen LogP contribution in [0.5, 0.6) is 0 Å². The number of rotatable bonds is 3. The Morgan fingerprint density at radius 1 is 1.20 bits per heavy atom. The summed E-state index contributed by atoms with van der Waals surface area (Å²) in [4.78, 5) is 11.8. The first-order valence-corrected chi connectivity index (χ1v) is 7.36. The van der Waals surface area contributed by atoms with E-state index in [-0.39, 0.29) is 5.56 Å². The summed E-state index contributed by atoms with van der Waals surface area (Å²) in [7, 11) is 0. The lowest BCUT2D eigenvalue weighted by atomic mass is 9.96. The fraction of sp³-hybridized carbons (Fsp3) is 0.412. The van der Waals surface area contributed by atoms with Crippen molar-refractivity contribution >= 4 is 0 Å². The first-order chi connectivity index (χ1) is 9.72. The van der Waals surface area contributed by atoms with E-state index in [9.17, 15) is 4.79 Å². The lowest BCUT2D eigenvalue weighted by Crippen LogP contribution is -2.23. The summed E-state index contributed by atoms with van der Waals surface area (Å²) in [6.45, 7) is 2.46. The Morgan fingerprint density at radius 3 is 2.80 bits per heavy atom. The zero-order chi connectivity index (χ0) is 13.9. The van der Waals surface area contributed by atoms with Crippen molar-refractivity contribution in [1.82, 2.24) is 9.78 Å². The van der Waals surface area contributed by atoms with Gasteiger partial charge in [-0.25, -0.2) is 4.68 Å².